The molecule has 7 nitrogen and oxygen atoms in total. The number of nitriles is 1. The largest absolute Gasteiger partial charge is 0.438 e. The van der Waals surface area contributed by atoms with Crippen molar-refractivity contribution in [2.24, 2.45) is 0 Å². The second-order valence-corrected chi connectivity index (χ2v) is 7.40. The fourth-order valence-electron chi connectivity index (χ4n) is 3.06. The molecule has 4 rings (SSSR count). The number of aromatic nitrogens is 2. The van der Waals surface area contributed by atoms with Crippen molar-refractivity contribution < 1.29 is 9.53 Å². The van der Waals surface area contributed by atoms with E-state index in [-0.39, 0.29) is 23.6 Å². The molecule has 0 aliphatic rings. The van der Waals surface area contributed by atoms with Crippen LogP contribution >= 0.6 is 11.6 Å². The van der Waals surface area contributed by atoms with Gasteiger partial charge in [0.25, 0.3) is 11.5 Å². The first-order chi connectivity index (χ1) is 16.0. The van der Waals surface area contributed by atoms with E-state index in [9.17, 15) is 14.9 Å². The maximum Gasteiger partial charge on any atom is 0.269 e. The molecule has 0 radical (unpaired) electrons. The molecule has 4 aromatic rings. The predicted molar refractivity (Wildman–Crippen MR) is 125 cm³/mol. The lowest BCUT2D eigenvalue weighted by atomic mass is 10.1. The molecule has 162 valence electrons. The fraction of sp³-hybridized carbons (Fsp3) is 0.0400. The van der Waals surface area contributed by atoms with Crippen molar-refractivity contribution in [2.75, 3.05) is 0 Å². The molecule has 0 atom stereocenters. The minimum absolute atomic E-state index is 0.0277. The van der Waals surface area contributed by atoms with Gasteiger partial charge in [-0.3, -0.25) is 14.0 Å². The molecule has 0 bridgehead atoms. The van der Waals surface area contributed by atoms with Crippen molar-refractivity contribution >= 4 is 29.2 Å². The van der Waals surface area contributed by atoms with Crippen LogP contribution in [0.25, 0.3) is 11.7 Å². The Bertz CT molecular complexity index is 1440. The van der Waals surface area contributed by atoms with E-state index in [1.165, 1.54) is 10.5 Å². The zero-order valence-corrected chi connectivity index (χ0v) is 18.0. The summed E-state index contributed by atoms with van der Waals surface area (Å²) in [5.41, 5.74) is 0.480. The highest BCUT2D eigenvalue weighted by Gasteiger charge is 2.17. The van der Waals surface area contributed by atoms with Crippen LogP contribution < -0.4 is 15.6 Å². The molecule has 0 spiro atoms. The monoisotopic (exact) mass is 456 g/mol. The summed E-state index contributed by atoms with van der Waals surface area (Å²) < 4.78 is 7.16. The number of carbonyl (C=O) groups is 1. The maximum absolute atomic E-state index is 13.2. The Morgan fingerprint density at radius 2 is 1.82 bits per heavy atom. The molecule has 0 fully saturated rings. The zero-order valence-electron chi connectivity index (χ0n) is 17.2. The molecule has 1 amide bonds. The van der Waals surface area contributed by atoms with Gasteiger partial charge in [-0.2, -0.15) is 10.2 Å². The third-order valence-corrected chi connectivity index (χ3v) is 4.96. The van der Waals surface area contributed by atoms with Crippen LogP contribution in [0.2, 0.25) is 5.02 Å². The number of carbonyl (C=O) groups excluding carboxylic acids is 1. The number of pyridine rings is 1. The number of amides is 1. The van der Waals surface area contributed by atoms with E-state index in [0.717, 1.165) is 5.56 Å². The normalized spacial score (nSPS) is 11.1. The Kier molecular flexibility index (Phi) is 6.48. The number of fused-ring (bicyclic) bond motifs is 1. The molecule has 2 heterocycles. The van der Waals surface area contributed by atoms with Crippen LogP contribution in [0.3, 0.4) is 0 Å². The number of hydrogen-bond acceptors (Lipinski definition) is 5. The number of rotatable bonds is 6. The smallest absolute Gasteiger partial charge is 0.269 e. The van der Waals surface area contributed by atoms with Crippen molar-refractivity contribution in [3.05, 3.63) is 111 Å². The molecule has 0 saturated heterocycles. The molecule has 1 N–H and O–H groups in total. The van der Waals surface area contributed by atoms with Gasteiger partial charge >= 0.3 is 0 Å². The second-order valence-electron chi connectivity index (χ2n) is 6.96. The number of ether oxygens (including phenoxy) is 1. The summed E-state index contributed by atoms with van der Waals surface area (Å²) in [6.45, 7) is 0.238. The first-order valence-corrected chi connectivity index (χ1v) is 10.3. The van der Waals surface area contributed by atoms with E-state index < -0.39 is 11.5 Å². The highest BCUT2D eigenvalue weighted by molar-refractivity contribution is 6.30. The number of hydrogen-bond donors (Lipinski definition) is 1. The topological polar surface area (TPSA) is 96.5 Å². The van der Waals surface area contributed by atoms with Crippen LogP contribution in [-0.4, -0.2) is 15.3 Å². The van der Waals surface area contributed by atoms with Gasteiger partial charge in [0, 0.05) is 17.8 Å². The van der Waals surface area contributed by atoms with Crippen molar-refractivity contribution in [3.8, 4) is 17.7 Å². The van der Waals surface area contributed by atoms with Gasteiger partial charge in [0.15, 0.2) is 0 Å². The van der Waals surface area contributed by atoms with Gasteiger partial charge in [0.05, 0.1) is 0 Å². The Labute approximate surface area is 194 Å². The van der Waals surface area contributed by atoms with E-state index in [2.05, 4.69) is 10.3 Å². The lowest BCUT2D eigenvalue weighted by Crippen LogP contribution is -2.25. The minimum atomic E-state index is -0.614. The summed E-state index contributed by atoms with van der Waals surface area (Å²) in [6, 6.07) is 22.7. The van der Waals surface area contributed by atoms with Gasteiger partial charge < -0.3 is 10.1 Å². The van der Waals surface area contributed by atoms with Gasteiger partial charge in [0.2, 0.25) is 5.88 Å². The molecule has 2 aromatic heterocycles. The Morgan fingerprint density at radius 1 is 1.09 bits per heavy atom. The lowest BCUT2D eigenvalue weighted by molar-refractivity contribution is -0.117. The first kappa shape index (κ1) is 21.8. The molecule has 2 aromatic carbocycles. The molecular weight excluding hydrogens is 440 g/mol. The Balaban J connectivity index is 1.73. The van der Waals surface area contributed by atoms with Gasteiger partial charge in [-0.25, -0.2) is 0 Å². The summed E-state index contributed by atoms with van der Waals surface area (Å²) in [7, 11) is 0. The predicted octanol–water partition coefficient (Wildman–Crippen LogP) is 4.36. The quantitative estimate of drug-likeness (QED) is 0.343. The Morgan fingerprint density at radius 3 is 2.55 bits per heavy atom. The van der Waals surface area contributed by atoms with Crippen LogP contribution in [-0.2, 0) is 11.3 Å². The van der Waals surface area contributed by atoms with E-state index >= 15 is 0 Å². The van der Waals surface area contributed by atoms with Gasteiger partial charge in [-0.1, -0.05) is 48.0 Å². The summed E-state index contributed by atoms with van der Waals surface area (Å²) in [6.07, 6.45) is 2.75. The zero-order chi connectivity index (χ0) is 23.2. The second kappa shape index (κ2) is 9.81. The van der Waals surface area contributed by atoms with Crippen LogP contribution in [0.5, 0.6) is 11.6 Å². The molecule has 0 saturated carbocycles. The van der Waals surface area contributed by atoms with Crippen molar-refractivity contribution in [1.82, 2.24) is 14.7 Å². The summed E-state index contributed by atoms with van der Waals surface area (Å²) in [5, 5.41) is 12.8. The lowest BCUT2D eigenvalue weighted by Gasteiger charge is -2.10. The third-order valence-electron chi connectivity index (χ3n) is 4.71. The van der Waals surface area contributed by atoms with Crippen molar-refractivity contribution in [2.45, 2.75) is 6.54 Å². The minimum Gasteiger partial charge on any atom is -0.438 e. The SMILES string of the molecule is N#CC(=Cc1c(Oc2ccc(Cl)cc2)nc2ccccn2c1=O)C(=O)NCc1ccccc1. The third kappa shape index (κ3) is 5.09. The standard InChI is InChI=1S/C25H17ClN4O3/c26-19-9-11-20(12-10-19)33-24-21(25(32)30-13-5-4-8-22(30)29-24)14-18(15-27)23(31)28-16-17-6-2-1-3-7-17/h1-14H,16H2,(H,28,31). The van der Waals surface area contributed by atoms with Crippen molar-refractivity contribution in [3.63, 3.8) is 0 Å². The number of benzene rings is 2. The molecule has 8 heteroatoms. The van der Waals surface area contributed by atoms with E-state index in [1.54, 1.807) is 48.7 Å². The van der Waals surface area contributed by atoms with E-state index in [0.29, 0.717) is 16.4 Å². The number of halogens is 1. The van der Waals surface area contributed by atoms with E-state index in [4.69, 9.17) is 16.3 Å². The molecule has 33 heavy (non-hydrogen) atoms. The van der Waals surface area contributed by atoms with Crippen LogP contribution in [0.15, 0.2) is 89.4 Å². The van der Waals surface area contributed by atoms with Gasteiger partial charge in [0.1, 0.15) is 28.6 Å². The van der Waals surface area contributed by atoms with E-state index in [1.807, 2.05) is 36.4 Å². The average molecular weight is 457 g/mol. The fourth-order valence-corrected chi connectivity index (χ4v) is 3.19. The molecule has 0 unspecified atom stereocenters. The summed E-state index contributed by atoms with van der Waals surface area (Å²) in [5.74, 6) is -0.248. The van der Waals surface area contributed by atoms with Gasteiger partial charge in [-0.15, -0.1) is 0 Å². The van der Waals surface area contributed by atoms with Crippen LogP contribution in [0.1, 0.15) is 11.1 Å². The first-order valence-electron chi connectivity index (χ1n) is 9.94. The summed E-state index contributed by atoms with van der Waals surface area (Å²) >= 11 is 5.93. The van der Waals surface area contributed by atoms with Crippen molar-refractivity contribution in [1.29, 1.82) is 5.26 Å². The maximum atomic E-state index is 13.2. The molecule has 0 aliphatic carbocycles. The summed E-state index contributed by atoms with van der Waals surface area (Å²) in [4.78, 5) is 30.2. The van der Waals surface area contributed by atoms with Gasteiger partial charge in [-0.05, 0) is 48.0 Å². The average Bonchev–Trinajstić information content (AvgIpc) is 2.84. The highest BCUT2D eigenvalue weighted by Crippen LogP contribution is 2.25. The van der Waals surface area contributed by atoms with Crippen LogP contribution in [0, 0.1) is 11.3 Å². The number of nitrogens with zero attached hydrogens (tertiary/aromatic N) is 3. The molecule has 0 aliphatic heterocycles. The number of nitrogens with one attached hydrogen (secondary N) is 1. The van der Waals surface area contributed by atoms with Crippen LogP contribution in [0.4, 0.5) is 0 Å². The highest BCUT2D eigenvalue weighted by atomic mass is 35.5. The molecular formula is C25H17ClN4O3. The Hall–Kier alpha value is -4.41.